The van der Waals surface area contributed by atoms with Crippen molar-refractivity contribution in [3.63, 3.8) is 0 Å². The maximum absolute atomic E-state index is 4.19. The number of rotatable bonds is 8. The molecule has 3 heteroatoms. The number of hydrogen-bond donors (Lipinski definition) is 0. The molecule has 0 heterocycles. The van der Waals surface area contributed by atoms with Crippen LogP contribution >= 0.6 is 0 Å². The van der Waals surface area contributed by atoms with Crippen LogP contribution in [0.5, 0.6) is 0 Å². The molecule has 0 saturated carbocycles. The summed E-state index contributed by atoms with van der Waals surface area (Å²) in [6, 6.07) is 0. The van der Waals surface area contributed by atoms with Gasteiger partial charge in [-0.2, -0.15) is 0 Å². The molecule has 0 spiro atoms. The van der Waals surface area contributed by atoms with Crippen LogP contribution < -0.4 is 0 Å². The van der Waals surface area contributed by atoms with Crippen LogP contribution in [0.2, 0.25) is 6.55 Å². The lowest BCUT2D eigenvalue weighted by molar-refractivity contribution is 0.113. The second-order valence-electron chi connectivity index (χ2n) is 4.49. The summed E-state index contributed by atoms with van der Waals surface area (Å²) in [5, 5.41) is 1.42. The fraction of sp³-hybridized carbons (Fsp3) is 0.846. The van der Waals surface area contributed by atoms with Crippen LogP contribution in [0.4, 0.5) is 0 Å². The summed E-state index contributed by atoms with van der Waals surface area (Å²) in [6.45, 7) is 22.4. The Hall–Kier alpha value is -0.123. The Bertz CT molecular complexity index is 186. The van der Waals surface area contributed by atoms with Crippen molar-refractivity contribution in [3.05, 3.63) is 11.8 Å². The quantitative estimate of drug-likeness (QED) is 0.477. The highest BCUT2D eigenvalue weighted by molar-refractivity contribution is 6.66. The summed E-state index contributed by atoms with van der Waals surface area (Å²) in [6.07, 6.45) is 0. The smallest absolute Gasteiger partial charge is 0.0983 e. The van der Waals surface area contributed by atoms with Gasteiger partial charge in [-0.15, -0.1) is 6.58 Å². The molecule has 0 N–H and O–H groups in total. The normalized spacial score (nSPS) is 13.8. The van der Waals surface area contributed by atoms with Crippen LogP contribution in [0.25, 0.3) is 0 Å². The van der Waals surface area contributed by atoms with Crippen LogP contribution in [0, 0.1) is 0 Å². The van der Waals surface area contributed by atoms with Gasteiger partial charge in [0, 0.05) is 0 Å². The van der Waals surface area contributed by atoms with Crippen LogP contribution in [-0.4, -0.2) is 50.6 Å². The van der Waals surface area contributed by atoms with E-state index in [4.69, 9.17) is 0 Å². The monoisotopic (exact) mass is 242 g/mol. The molecule has 0 radical (unpaired) electrons. The molecule has 0 aliphatic carbocycles. The lowest BCUT2D eigenvalue weighted by atomic mass is 10.5. The molecule has 0 aromatic carbocycles. The van der Waals surface area contributed by atoms with Crippen molar-refractivity contribution in [1.29, 1.82) is 0 Å². The molecule has 16 heavy (non-hydrogen) atoms. The maximum Gasteiger partial charge on any atom is 0.0983 e. The van der Waals surface area contributed by atoms with Gasteiger partial charge in [0.2, 0.25) is 0 Å². The van der Waals surface area contributed by atoms with Gasteiger partial charge in [0.1, 0.15) is 0 Å². The van der Waals surface area contributed by atoms with E-state index in [1.165, 1.54) is 5.20 Å². The van der Waals surface area contributed by atoms with E-state index < -0.39 is 8.80 Å². The first kappa shape index (κ1) is 15.9. The second kappa shape index (κ2) is 8.04. The van der Waals surface area contributed by atoms with E-state index in [9.17, 15) is 0 Å². The minimum absolute atomic E-state index is 0.641. The Labute approximate surface area is 104 Å². The summed E-state index contributed by atoms with van der Waals surface area (Å²) in [5.74, 6) is 0.641. The summed E-state index contributed by atoms with van der Waals surface area (Å²) in [7, 11) is -0.919. The first-order valence-corrected chi connectivity index (χ1v) is 9.06. The Morgan fingerprint density at radius 3 is 1.50 bits per heavy atom. The fourth-order valence-corrected chi connectivity index (χ4v) is 4.93. The van der Waals surface area contributed by atoms with E-state index in [0.717, 1.165) is 26.2 Å². The zero-order valence-electron chi connectivity index (χ0n) is 12.1. The third-order valence-corrected chi connectivity index (χ3v) is 6.89. The fourth-order valence-electron chi connectivity index (χ4n) is 2.31. The van der Waals surface area contributed by atoms with Crippen LogP contribution in [-0.2, 0) is 0 Å². The predicted octanol–water partition coefficient (Wildman–Crippen LogP) is 2.51. The van der Waals surface area contributed by atoms with E-state index in [1.54, 1.807) is 0 Å². The molecule has 0 aliphatic rings. The zero-order chi connectivity index (χ0) is 12.7. The van der Waals surface area contributed by atoms with E-state index in [-0.39, 0.29) is 0 Å². The molecule has 2 nitrogen and oxygen atoms in total. The summed E-state index contributed by atoms with van der Waals surface area (Å²) in [4.78, 5) is 5.19. The Morgan fingerprint density at radius 2 is 1.31 bits per heavy atom. The lowest BCUT2D eigenvalue weighted by Crippen LogP contribution is -2.56. The molecule has 0 fully saturated rings. The van der Waals surface area contributed by atoms with E-state index in [2.05, 4.69) is 57.5 Å². The van der Waals surface area contributed by atoms with Gasteiger partial charge in [0.05, 0.1) is 14.6 Å². The highest BCUT2D eigenvalue weighted by Crippen LogP contribution is 2.14. The van der Waals surface area contributed by atoms with Gasteiger partial charge in [-0.25, -0.2) is 0 Å². The first-order chi connectivity index (χ1) is 7.53. The largest absolute Gasteiger partial charge is 0.291 e. The number of nitrogens with zero attached hydrogens (tertiary/aromatic N) is 2. The SMILES string of the molecule is C=C(C)[SiH](C)C(N(CC)CC)N(CC)CC. The van der Waals surface area contributed by atoms with E-state index in [0.29, 0.717) is 5.79 Å². The standard InChI is InChI=1S/C13H30N2Si/c1-8-14(9-2)13(15(10-3)11-4)16(7)12(5)6/h13,16H,5,8-11H2,1-4,6-7H3. The molecule has 0 saturated heterocycles. The average Bonchev–Trinajstić information content (AvgIpc) is 2.28. The molecule has 0 aromatic rings. The third kappa shape index (κ3) is 4.04. The van der Waals surface area contributed by atoms with Crippen molar-refractivity contribution in [2.75, 3.05) is 26.2 Å². The lowest BCUT2D eigenvalue weighted by Gasteiger charge is -2.41. The Kier molecular flexibility index (Phi) is 7.98. The number of allylic oxidation sites excluding steroid dienone is 1. The van der Waals surface area contributed by atoms with Gasteiger partial charge in [-0.3, -0.25) is 9.80 Å². The summed E-state index contributed by atoms with van der Waals surface area (Å²) >= 11 is 0. The Morgan fingerprint density at radius 1 is 1.00 bits per heavy atom. The maximum atomic E-state index is 4.19. The molecule has 1 unspecified atom stereocenters. The van der Waals surface area contributed by atoms with Crippen molar-refractivity contribution in [2.45, 2.75) is 47.0 Å². The topological polar surface area (TPSA) is 6.48 Å². The molecular formula is C13H30N2Si. The van der Waals surface area contributed by atoms with E-state index in [1.807, 2.05) is 0 Å². The first-order valence-electron chi connectivity index (χ1n) is 6.66. The van der Waals surface area contributed by atoms with Crippen LogP contribution in [0.1, 0.15) is 34.6 Å². The van der Waals surface area contributed by atoms with Crippen molar-refractivity contribution < 1.29 is 0 Å². The molecule has 0 bridgehead atoms. The van der Waals surface area contributed by atoms with Gasteiger partial charge in [-0.05, 0) is 33.1 Å². The van der Waals surface area contributed by atoms with Gasteiger partial charge in [0.15, 0.2) is 0 Å². The predicted molar refractivity (Wildman–Crippen MR) is 77.5 cm³/mol. The van der Waals surface area contributed by atoms with Gasteiger partial charge < -0.3 is 0 Å². The highest BCUT2D eigenvalue weighted by atomic mass is 28.3. The minimum atomic E-state index is -0.919. The second-order valence-corrected chi connectivity index (χ2v) is 7.65. The molecule has 0 rings (SSSR count). The summed E-state index contributed by atoms with van der Waals surface area (Å²) in [5.41, 5.74) is 0. The van der Waals surface area contributed by atoms with Crippen molar-refractivity contribution in [2.24, 2.45) is 0 Å². The molecule has 1 atom stereocenters. The molecular weight excluding hydrogens is 212 g/mol. The van der Waals surface area contributed by atoms with Gasteiger partial charge in [-0.1, -0.05) is 39.4 Å². The van der Waals surface area contributed by atoms with E-state index >= 15 is 0 Å². The zero-order valence-corrected chi connectivity index (χ0v) is 13.2. The molecule has 0 aliphatic heterocycles. The van der Waals surface area contributed by atoms with Crippen molar-refractivity contribution in [3.8, 4) is 0 Å². The van der Waals surface area contributed by atoms with Crippen molar-refractivity contribution >= 4 is 8.80 Å². The van der Waals surface area contributed by atoms with Gasteiger partial charge >= 0.3 is 0 Å². The minimum Gasteiger partial charge on any atom is -0.291 e. The average molecular weight is 242 g/mol. The highest BCUT2D eigenvalue weighted by Gasteiger charge is 2.28. The Balaban J connectivity index is 4.93. The number of hydrogen-bond acceptors (Lipinski definition) is 2. The molecule has 96 valence electrons. The third-order valence-electron chi connectivity index (χ3n) is 3.60. The van der Waals surface area contributed by atoms with Crippen LogP contribution in [0.3, 0.4) is 0 Å². The summed E-state index contributed by atoms with van der Waals surface area (Å²) < 4.78 is 0. The molecule has 0 aromatic heterocycles. The van der Waals surface area contributed by atoms with Crippen molar-refractivity contribution in [1.82, 2.24) is 9.80 Å². The van der Waals surface area contributed by atoms with Gasteiger partial charge in [0.25, 0.3) is 0 Å². The van der Waals surface area contributed by atoms with Crippen LogP contribution in [0.15, 0.2) is 11.8 Å². The molecule has 0 amide bonds.